The summed E-state index contributed by atoms with van der Waals surface area (Å²) in [5, 5.41) is 0. The molecule has 18 heavy (non-hydrogen) atoms. The predicted octanol–water partition coefficient (Wildman–Crippen LogP) is 3.37. The highest BCUT2D eigenvalue weighted by molar-refractivity contribution is 9.10. The first-order valence-electron chi connectivity index (χ1n) is 5.10. The van der Waals surface area contributed by atoms with Crippen LogP contribution in [0, 0.1) is 0 Å². The van der Waals surface area contributed by atoms with E-state index < -0.39 is 25.1 Å². The molecular weight excluding hydrogens is 318 g/mol. The largest absolute Gasteiger partial charge is 0.366 e. The Kier molecular flexibility index (Phi) is 5.55. The molecule has 0 aliphatic carbocycles. The molecule has 0 aromatic heterocycles. The maximum Gasteiger partial charge on any atom is 0.330 e. The van der Waals surface area contributed by atoms with Crippen LogP contribution in [0.4, 0.5) is 17.6 Å². The number of hydrogen-bond donors (Lipinski definition) is 1. The summed E-state index contributed by atoms with van der Waals surface area (Å²) in [4.78, 5) is 0. The highest BCUT2D eigenvalue weighted by Gasteiger charge is 2.41. The van der Waals surface area contributed by atoms with Crippen molar-refractivity contribution < 1.29 is 22.3 Å². The molecular formula is C11H12BrF4NO. The second-order valence-electron chi connectivity index (χ2n) is 3.65. The number of rotatable bonds is 6. The quantitative estimate of drug-likeness (QED) is 0.812. The van der Waals surface area contributed by atoms with Gasteiger partial charge in [-0.2, -0.15) is 8.78 Å². The van der Waals surface area contributed by atoms with Crippen LogP contribution < -0.4 is 5.73 Å². The fraction of sp³-hybridized carbons (Fsp3) is 0.455. The molecule has 7 heteroatoms. The molecule has 1 unspecified atom stereocenters. The third kappa shape index (κ3) is 4.22. The van der Waals surface area contributed by atoms with Gasteiger partial charge in [0.15, 0.2) is 0 Å². The van der Waals surface area contributed by atoms with Crippen LogP contribution >= 0.6 is 15.9 Å². The maximum absolute atomic E-state index is 12.7. The molecule has 0 amide bonds. The second-order valence-corrected chi connectivity index (χ2v) is 4.56. The Morgan fingerprint density at radius 2 is 1.78 bits per heavy atom. The summed E-state index contributed by atoms with van der Waals surface area (Å²) in [6.45, 7) is -1.43. The van der Waals surface area contributed by atoms with Crippen LogP contribution in [0.5, 0.6) is 0 Å². The van der Waals surface area contributed by atoms with Crippen LogP contribution in [0.25, 0.3) is 0 Å². The summed E-state index contributed by atoms with van der Waals surface area (Å²) in [6, 6.07) is 6.63. The summed E-state index contributed by atoms with van der Waals surface area (Å²) in [5.74, 6) is -4.16. The first-order valence-corrected chi connectivity index (χ1v) is 5.89. The van der Waals surface area contributed by atoms with E-state index in [4.69, 9.17) is 10.5 Å². The molecule has 0 spiro atoms. The minimum absolute atomic E-state index is 0.0685. The van der Waals surface area contributed by atoms with Crippen LogP contribution in [0.3, 0.4) is 0 Å². The van der Waals surface area contributed by atoms with Crippen LogP contribution in [0.15, 0.2) is 28.7 Å². The van der Waals surface area contributed by atoms with Crippen molar-refractivity contribution in [3.63, 3.8) is 0 Å². The summed E-state index contributed by atoms with van der Waals surface area (Å²) in [6.07, 6.45) is -4.58. The Morgan fingerprint density at radius 1 is 1.22 bits per heavy atom. The molecule has 0 fully saturated rings. The van der Waals surface area contributed by atoms with Gasteiger partial charge >= 0.3 is 12.3 Å². The number of hydrogen-bond acceptors (Lipinski definition) is 2. The summed E-state index contributed by atoms with van der Waals surface area (Å²) >= 11 is 3.22. The molecule has 0 heterocycles. The second kappa shape index (κ2) is 6.49. The topological polar surface area (TPSA) is 35.2 Å². The molecule has 1 atom stereocenters. The van der Waals surface area contributed by atoms with Gasteiger partial charge in [-0.1, -0.05) is 28.1 Å². The van der Waals surface area contributed by atoms with Crippen LogP contribution in [0.2, 0.25) is 0 Å². The van der Waals surface area contributed by atoms with Gasteiger partial charge in [-0.15, -0.1) is 0 Å². The minimum atomic E-state index is -4.16. The van der Waals surface area contributed by atoms with E-state index in [-0.39, 0.29) is 6.54 Å². The average Bonchev–Trinajstić information content (AvgIpc) is 2.31. The minimum Gasteiger partial charge on any atom is -0.366 e. The number of ether oxygens (including phenoxy) is 1. The summed E-state index contributed by atoms with van der Waals surface area (Å²) in [5.41, 5.74) is 5.94. The van der Waals surface area contributed by atoms with Crippen molar-refractivity contribution in [3.8, 4) is 0 Å². The monoisotopic (exact) mass is 329 g/mol. The normalized spacial score (nSPS) is 13.9. The van der Waals surface area contributed by atoms with Crippen LogP contribution in [0.1, 0.15) is 11.7 Å². The lowest BCUT2D eigenvalue weighted by Crippen LogP contribution is -2.34. The number of benzene rings is 1. The lowest BCUT2D eigenvalue weighted by Gasteiger charge is -2.21. The Labute approximate surface area is 110 Å². The van der Waals surface area contributed by atoms with Gasteiger partial charge < -0.3 is 10.5 Å². The Balaban J connectivity index is 2.66. The zero-order valence-electron chi connectivity index (χ0n) is 9.25. The number of nitrogens with two attached hydrogens (primary N) is 1. The molecule has 2 N–H and O–H groups in total. The molecule has 0 bridgehead atoms. The van der Waals surface area contributed by atoms with Gasteiger partial charge in [0, 0.05) is 11.0 Å². The fourth-order valence-electron chi connectivity index (χ4n) is 1.25. The van der Waals surface area contributed by atoms with Crippen molar-refractivity contribution in [2.24, 2.45) is 5.73 Å². The van der Waals surface area contributed by atoms with E-state index in [1.165, 1.54) is 0 Å². The Hall–Kier alpha value is -0.660. The molecule has 0 saturated carbocycles. The third-order valence-corrected chi connectivity index (χ3v) is 2.78. The van der Waals surface area contributed by atoms with Crippen molar-refractivity contribution in [3.05, 3.63) is 34.3 Å². The van der Waals surface area contributed by atoms with E-state index in [0.717, 1.165) is 4.47 Å². The van der Waals surface area contributed by atoms with Crippen molar-refractivity contribution in [1.82, 2.24) is 0 Å². The smallest absolute Gasteiger partial charge is 0.330 e. The summed E-state index contributed by atoms with van der Waals surface area (Å²) < 4.78 is 54.9. The standard InChI is InChI=1S/C11H12BrF4NO/c12-8-3-1-7(2-4-8)9(5-17)18-6-11(15,16)10(13)14/h1-4,9-10H,5-6,17H2. The molecule has 1 aromatic carbocycles. The van der Waals surface area contributed by atoms with E-state index in [2.05, 4.69) is 15.9 Å². The van der Waals surface area contributed by atoms with Gasteiger partial charge in [0.1, 0.15) is 6.61 Å². The van der Waals surface area contributed by atoms with Crippen molar-refractivity contribution in [1.29, 1.82) is 0 Å². The van der Waals surface area contributed by atoms with Crippen molar-refractivity contribution in [2.45, 2.75) is 18.5 Å². The lowest BCUT2D eigenvalue weighted by molar-refractivity contribution is -0.175. The third-order valence-electron chi connectivity index (χ3n) is 2.25. The van der Waals surface area contributed by atoms with Gasteiger partial charge in [-0.3, -0.25) is 0 Å². The SMILES string of the molecule is NCC(OCC(F)(F)C(F)F)c1ccc(Br)cc1. The number of alkyl halides is 4. The zero-order chi connectivity index (χ0) is 13.8. The zero-order valence-corrected chi connectivity index (χ0v) is 10.8. The molecule has 0 saturated heterocycles. The molecule has 0 aliphatic heterocycles. The van der Waals surface area contributed by atoms with Gasteiger partial charge in [-0.05, 0) is 17.7 Å². The van der Waals surface area contributed by atoms with E-state index in [0.29, 0.717) is 5.56 Å². The van der Waals surface area contributed by atoms with Crippen molar-refractivity contribution >= 4 is 15.9 Å². The Morgan fingerprint density at radius 3 is 2.22 bits per heavy atom. The first kappa shape index (κ1) is 15.4. The fourth-order valence-corrected chi connectivity index (χ4v) is 1.52. The first-order chi connectivity index (χ1) is 8.36. The van der Waals surface area contributed by atoms with E-state index >= 15 is 0 Å². The molecule has 1 rings (SSSR count). The lowest BCUT2D eigenvalue weighted by atomic mass is 10.1. The van der Waals surface area contributed by atoms with E-state index in [1.807, 2.05) is 0 Å². The van der Waals surface area contributed by atoms with Crippen LogP contribution in [-0.2, 0) is 4.74 Å². The molecule has 0 radical (unpaired) electrons. The maximum atomic E-state index is 12.7. The van der Waals surface area contributed by atoms with Gasteiger partial charge in [0.25, 0.3) is 0 Å². The predicted molar refractivity (Wildman–Crippen MR) is 62.8 cm³/mol. The van der Waals surface area contributed by atoms with Crippen LogP contribution in [-0.4, -0.2) is 25.5 Å². The van der Waals surface area contributed by atoms with E-state index in [1.54, 1.807) is 24.3 Å². The van der Waals surface area contributed by atoms with Gasteiger partial charge in [-0.25, -0.2) is 8.78 Å². The molecule has 2 nitrogen and oxygen atoms in total. The van der Waals surface area contributed by atoms with Crippen molar-refractivity contribution in [2.75, 3.05) is 13.2 Å². The Bertz CT molecular complexity index is 372. The number of halogens is 5. The highest BCUT2D eigenvalue weighted by Crippen LogP contribution is 2.26. The molecule has 1 aromatic rings. The van der Waals surface area contributed by atoms with E-state index in [9.17, 15) is 17.6 Å². The highest BCUT2D eigenvalue weighted by atomic mass is 79.9. The molecule has 102 valence electrons. The molecule has 0 aliphatic rings. The average molecular weight is 330 g/mol. The van der Waals surface area contributed by atoms with Gasteiger partial charge in [0.05, 0.1) is 6.10 Å². The summed E-state index contributed by atoms with van der Waals surface area (Å²) in [7, 11) is 0. The van der Waals surface area contributed by atoms with Gasteiger partial charge in [0.2, 0.25) is 0 Å².